The highest BCUT2D eigenvalue weighted by Gasteiger charge is 2.62. The lowest BCUT2D eigenvalue weighted by Crippen LogP contribution is -2.62. The van der Waals surface area contributed by atoms with Gasteiger partial charge in [0.05, 0.1) is 35.5 Å². The standard InChI is InChI=1S/C42H64FN3O11/c1-12-30-42(8)33(46(39(51)57-42)21-17-16-20-44)26(4)31(47)24(2)23-40(6,52-11)35(27(5)34(48)41(7,43)38(50)54-30)56-37-32(29(45(9)10)22-25(3)53-37)55-36(49)28-18-14-13-15-19-28/h13-15,18-19,24-27,29-30,32-33,35,37H,12,16-17,20-23,44H2,1-11H3/t24-,25-,26+,27+,29+,30+,32-,33-,35-,37+,40+,41+,42-/m1/s1. The Kier molecular flexibility index (Phi) is 15.1. The average Bonchev–Trinajstić information content (AvgIpc) is 3.43. The monoisotopic (exact) mass is 805 g/mol. The van der Waals surface area contributed by atoms with Crippen LogP contribution in [0.1, 0.15) is 97.9 Å². The summed E-state index contributed by atoms with van der Waals surface area (Å²) in [5.74, 6) is -6.54. The number of hydrogen-bond donors (Lipinski definition) is 1. The van der Waals surface area contributed by atoms with Gasteiger partial charge in [-0.25, -0.2) is 18.8 Å². The van der Waals surface area contributed by atoms with Crippen molar-refractivity contribution >= 4 is 29.6 Å². The van der Waals surface area contributed by atoms with E-state index in [0.717, 1.165) is 6.92 Å². The number of cyclic esters (lactones) is 1. The van der Waals surface area contributed by atoms with Crippen LogP contribution in [-0.2, 0) is 42.8 Å². The second-order valence-corrected chi connectivity index (χ2v) is 16.8. The average molecular weight is 806 g/mol. The topological polar surface area (TPSA) is 173 Å². The van der Waals surface area contributed by atoms with Gasteiger partial charge in [0.1, 0.15) is 11.9 Å². The van der Waals surface area contributed by atoms with Crippen LogP contribution in [0.3, 0.4) is 0 Å². The van der Waals surface area contributed by atoms with Crippen LogP contribution in [0.5, 0.6) is 0 Å². The molecule has 4 rings (SSSR count). The van der Waals surface area contributed by atoms with Crippen LogP contribution in [0.2, 0.25) is 0 Å². The highest BCUT2D eigenvalue weighted by Crippen LogP contribution is 2.44. The van der Waals surface area contributed by atoms with Crippen molar-refractivity contribution in [1.82, 2.24) is 9.80 Å². The summed E-state index contributed by atoms with van der Waals surface area (Å²) in [7, 11) is 5.06. The Morgan fingerprint density at radius 2 is 1.67 bits per heavy atom. The summed E-state index contributed by atoms with van der Waals surface area (Å²) in [5, 5.41) is 0. The molecule has 3 heterocycles. The summed E-state index contributed by atoms with van der Waals surface area (Å²) in [5.41, 5.74) is -0.234. The van der Waals surface area contributed by atoms with Crippen molar-refractivity contribution in [1.29, 1.82) is 0 Å². The van der Waals surface area contributed by atoms with Gasteiger partial charge in [0, 0.05) is 31.4 Å². The maximum Gasteiger partial charge on any atom is 0.410 e. The number of nitrogens with two attached hydrogens (primary N) is 1. The van der Waals surface area contributed by atoms with Crippen molar-refractivity contribution in [3.05, 3.63) is 35.9 Å². The zero-order valence-electron chi connectivity index (χ0n) is 35.5. The molecule has 0 radical (unpaired) electrons. The quantitative estimate of drug-likeness (QED) is 0.139. The zero-order chi connectivity index (χ0) is 42.6. The number of esters is 2. The van der Waals surface area contributed by atoms with Crippen molar-refractivity contribution in [2.45, 2.75) is 147 Å². The fourth-order valence-corrected chi connectivity index (χ4v) is 9.02. The van der Waals surface area contributed by atoms with Crippen LogP contribution in [0.15, 0.2) is 30.3 Å². The molecule has 14 nitrogen and oxygen atoms in total. The second kappa shape index (κ2) is 18.6. The van der Waals surface area contributed by atoms with Gasteiger partial charge in [-0.15, -0.1) is 0 Å². The number of carbonyl (C=O) groups excluding carboxylic acids is 5. The van der Waals surface area contributed by atoms with Gasteiger partial charge in [0.2, 0.25) is 0 Å². The number of methoxy groups -OCH3 is 1. The first kappa shape index (κ1) is 46.2. The second-order valence-electron chi connectivity index (χ2n) is 16.8. The molecule has 57 heavy (non-hydrogen) atoms. The fourth-order valence-electron chi connectivity index (χ4n) is 9.02. The number of fused-ring (bicyclic) bond motifs is 1. The Morgan fingerprint density at radius 1 is 1.02 bits per heavy atom. The molecular weight excluding hydrogens is 741 g/mol. The number of halogens is 1. The minimum atomic E-state index is -3.21. The number of rotatable bonds is 11. The van der Waals surface area contributed by atoms with Gasteiger partial charge < -0.3 is 44.0 Å². The van der Waals surface area contributed by atoms with E-state index in [1.807, 2.05) is 25.9 Å². The third kappa shape index (κ3) is 9.53. The number of nitrogens with zero attached hydrogens (tertiary/aromatic N) is 2. The van der Waals surface area contributed by atoms with E-state index in [9.17, 15) is 24.0 Å². The molecule has 15 heteroatoms. The maximum atomic E-state index is 17.0. The minimum absolute atomic E-state index is 0.0289. The van der Waals surface area contributed by atoms with E-state index in [0.29, 0.717) is 31.4 Å². The van der Waals surface area contributed by atoms with Crippen LogP contribution in [0.25, 0.3) is 0 Å². The molecule has 320 valence electrons. The van der Waals surface area contributed by atoms with Crippen LogP contribution in [-0.4, -0.2) is 133 Å². The normalized spacial score (nSPS) is 38.3. The van der Waals surface area contributed by atoms with Gasteiger partial charge >= 0.3 is 18.0 Å². The predicted molar refractivity (Wildman–Crippen MR) is 208 cm³/mol. The molecule has 1 amide bonds. The highest BCUT2D eigenvalue weighted by atomic mass is 19.1. The van der Waals surface area contributed by atoms with Gasteiger partial charge in [-0.3, -0.25) is 9.59 Å². The number of Topliss-reactive ketones (excluding diaryl/α,β-unsaturated/α-hetero) is 2. The summed E-state index contributed by atoms with van der Waals surface area (Å²) in [4.78, 5) is 73.4. The number of ketones is 2. The number of benzene rings is 1. The Morgan fingerprint density at radius 3 is 2.25 bits per heavy atom. The Labute approximate surface area is 336 Å². The molecule has 0 aromatic heterocycles. The lowest BCUT2D eigenvalue weighted by molar-refractivity contribution is -0.295. The van der Waals surface area contributed by atoms with E-state index >= 15 is 4.39 Å². The van der Waals surface area contributed by atoms with Gasteiger partial charge in [-0.05, 0) is 92.6 Å². The van der Waals surface area contributed by atoms with Crippen LogP contribution >= 0.6 is 0 Å². The highest BCUT2D eigenvalue weighted by molar-refractivity contribution is 6.08. The number of hydrogen-bond acceptors (Lipinski definition) is 13. The number of amides is 1. The van der Waals surface area contributed by atoms with Crippen molar-refractivity contribution < 1.29 is 56.8 Å². The molecule has 3 aliphatic rings. The molecule has 3 aliphatic heterocycles. The van der Waals surface area contributed by atoms with Crippen LogP contribution < -0.4 is 5.73 Å². The van der Waals surface area contributed by atoms with Crippen molar-refractivity contribution in [2.75, 3.05) is 34.3 Å². The van der Waals surface area contributed by atoms with E-state index in [1.165, 1.54) is 18.9 Å². The molecule has 0 aliphatic carbocycles. The molecule has 0 saturated carbocycles. The summed E-state index contributed by atoms with van der Waals surface area (Å²) < 4.78 is 54.1. The van der Waals surface area contributed by atoms with Crippen molar-refractivity contribution in [3.63, 3.8) is 0 Å². The molecule has 0 bridgehead atoms. The Balaban J connectivity index is 1.83. The fraction of sp³-hybridized carbons (Fsp3) is 0.738. The summed E-state index contributed by atoms with van der Waals surface area (Å²) >= 11 is 0. The van der Waals surface area contributed by atoms with Gasteiger partial charge in [-0.2, -0.15) is 0 Å². The minimum Gasteiger partial charge on any atom is -0.455 e. The van der Waals surface area contributed by atoms with E-state index in [4.69, 9.17) is 34.2 Å². The molecular formula is C42H64FN3O11. The molecule has 1 aromatic rings. The lowest BCUT2D eigenvalue weighted by atomic mass is 9.73. The third-order valence-electron chi connectivity index (χ3n) is 12.3. The van der Waals surface area contributed by atoms with E-state index in [-0.39, 0.29) is 25.2 Å². The molecule has 0 spiro atoms. The van der Waals surface area contributed by atoms with E-state index in [1.54, 1.807) is 65.0 Å². The predicted octanol–water partition coefficient (Wildman–Crippen LogP) is 4.89. The van der Waals surface area contributed by atoms with Crippen LogP contribution in [0, 0.1) is 17.8 Å². The number of unbranched alkanes of at least 4 members (excludes halogenated alkanes) is 1. The number of ether oxygens (including phenoxy) is 6. The van der Waals surface area contributed by atoms with E-state index < -0.39 is 101 Å². The smallest absolute Gasteiger partial charge is 0.410 e. The van der Waals surface area contributed by atoms with Gasteiger partial charge in [0.15, 0.2) is 23.8 Å². The first-order valence-corrected chi connectivity index (χ1v) is 20.1. The molecule has 0 unspecified atom stereocenters. The Hall–Kier alpha value is -3.50. The maximum absolute atomic E-state index is 17.0. The number of alkyl halides is 1. The largest absolute Gasteiger partial charge is 0.455 e. The number of likely N-dealkylation sites (N-methyl/N-ethyl adjacent to an activating group) is 1. The first-order chi connectivity index (χ1) is 26.7. The van der Waals surface area contributed by atoms with Gasteiger partial charge in [0.25, 0.3) is 5.67 Å². The van der Waals surface area contributed by atoms with Crippen molar-refractivity contribution in [2.24, 2.45) is 23.5 Å². The van der Waals surface area contributed by atoms with E-state index in [2.05, 4.69) is 0 Å². The Bertz CT molecular complexity index is 1600. The summed E-state index contributed by atoms with van der Waals surface area (Å²) in [6.07, 6.45) is -4.36. The molecule has 3 saturated heterocycles. The van der Waals surface area contributed by atoms with Crippen LogP contribution in [0.4, 0.5) is 9.18 Å². The summed E-state index contributed by atoms with van der Waals surface area (Å²) in [6.45, 7) is 13.1. The molecule has 2 N–H and O–H groups in total. The zero-order valence-corrected chi connectivity index (χ0v) is 35.5. The molecule has 1 aromatic carbocycles. The first-order valence-electron chi connectivity index (χ1n) is 20.1. The van der Waals surface area contributed by atoms with Gasteiger partial charge in [-0.1, -0.05) is 45.9 Å². The number of carbonyl (C=O) groups is 5. The van der Waals surface area contributed by atoms with Crippen molar-refractivity contribution in [3.8, 4) is 0 Å². The summed E-state index contributed by atoms with van der Waals surface area (Å²) in [6, 6.07) is 7.11. The third-order valence-corrected chi connectivity index (χ3v) is 12.3. The molecule has 3 fully saturated rings. The SMILES string of the molecule is CC[C@@H]1OC(=O)[C@@](C)(F)C(=O)[C@H](C)[C@@H](O[C@@H]2O[C@H](C)C[C@H](N(C)C)[C@H]2OC(=O)c2ccccc2)[C@@](C)(OC)C[C@@H](C)C(=O)[C@H](C)[C@H]2N(CCCCN)C(=O)O[C@]12C. The lowest BCUT2D eigenvalue weighted by Gasteiger charge is -2.48. The molecule has 13 atom stereocenters.